The molecule has 1 aromatic carbocycles. The molecule has 1 aromatic heterocycles. The van der Waals surface area contributed by atoms with Crippen molar-refractivity contribution in [3.8, 4) is 0 Å². The van der Waals surface area contributed by atoms with E-state index in [1.807, 2.05) is 0 Å². The summed E-state index contributed by atoms with van der Waals surface area (Å²) in [7, 11) is 0. The van der Waals surface area contributed by atoms with Crippen LogP contribution >= 0.6 is 0 Å². The smallest absolute Gasteiger partial charge is 0.384 e. The van der Waals surface area contributed by atoms with Crippen molar-refractivity contribution in [2.45, 2.75) is 26.4 Å². The third-order valence-electron chi connectivity index (χ3n) is 3.49. The van der Waals surface area contributed by atoms with Gasteiger partial charge >= 0.3 is 6.18 Å². The number of hydrogen-bond acceptors (Lipinski definition) is 3. The molecule has 134 valence electrons. The highest BCUT2D eigenvalue weighted by Crippen LogP contribution is 2.30. The first-order valence-electron chi connectivity index (χ1n) is 7.94. The Morgan fingerprint density at radius 2 is 1.92 bits per heavy atom. The number of nitrogens with one attached hydrogen (secondary N) is 2. The van der Waals surface area contributed by atoms with Gasteiger partial charge in [0.1, 0.15) is 5.69 Å². The van der Waals surface area contributed by atoms with E-state index >= 15 is 0 Å². The van der Waals surface area contributed by atoms with Crippen LogP contribution in [0.15, 0.2) is 42.6 Å². The van der Waals surface area contributed by atoms with Crippen molar-refractivity contribution in [2.24, 2.45) is 5.92 Å². The molecule has 0 unspecified atom stereocenters. The lowest BCUT2D eigenvalue weighted by atomic mass is 10.1. The molecular weight excluding hydrogens is 331 g/mol. The van der Waals surface area contributed by atoms with Crippen molar-refractivity contribution in [3.63, 3.8) is 0 Å². The van der Waals surface area contributed by atoms with E-state index in [2.05, 4.69) is 29.5 Å². The molecule has 0 bridgehead atoms. The van der Waals surface area contributed by atoms with E-state index in [-0.39, 0.29) is 11.4 Å². The van der Waals surface area contributed by atoms with Crippen LogP contribution in [0.1, 0.15) is 36.3 Å². The first-order valence-corrected chi connectivity index (χ1v) is 7.94. The van der Waals surface area contributed by atoms with Crippen molar-refractivity contribution in [1.29, 1.82) is 0 Å². The monoisotopic (exact) mass is 351 g/mol. The number of alkyl halides is 3. The third kappa shape index (κ3) is 5.77. The zero-order valence-corrected chi connectivity index (χ0v) is 14.0. The first-order chi connectivity index (χ1) is 11.8. The van der Waals surface area contributed by atoms with Crippen molar-refractivity contribution in [3.05, 3.63) is 53.9 Å². The van der Waals surface area contributed by atoms with E-state index in [1.165, 1.54) is 24.4 Å². The summed E-state index contributed by atoms with van der Waals surface area (Å²) in [5.74, 6) is 0.0195. The second-order valence-electron chi connectivity index (χ2n) is 6.07. The number of nitrogens with zero attached hydrogens (tertiary/aromatic N) is 1. The molecule has 2 N–H and O–H groups in total. The Morgan fingerprint density at radius 3 is 2.52 bits per heavy atom. The van der Waals surface area contributed by atoms with Gasteiger partial charge in [-0.15, -0.1) is 0 Å². The molecule has 1 amide bonds. The molecule has 1 heterocycles. The van der Waals surface area contributed by atoms with E-state index < -0.39 is 17.6 Å². The minimum absolute atomic E-state index is 0.0701. The number of benzene rings is 1. The number of pyridine rings is 1. The number of halogens is 3. The highest BCUT2D eigenvalue weighted by atomic mass is 19.4. The summed E-state index contributed by atoms with van der Waals surface area (Å²) in [6.45, 7) is 5.05. The maximum Gasteiger partial charge on any atom is 0.416 e. The van der Waals surface area contributed by atoms with E-state index in [0.29, 0.717) is 5.92 Å². The number of amides is 1. The normalized spacial score (nSPS) is 11.4. The van der Waals surface area contributed by atoms with Gasteiger partial charge in [-0.1, -0.05) is 19.9 Å². The summed E-state index contributed by atoms with van der Waals surface area (Å²) in [5.41, 5.74) is 0.173. The summed E-state index contributed by atoms with van der Waals surface area (Å²) in [6, 6.07) is 7.73. The van der Waals surface area contributed by atoms with E-state index in [1.54, 1.807) is 6.07 Å². The molecule has 2 rings (SSSR count). The molecular formula is C18H20F3N3O. The molecule has 0 atom stereocenters. The lowest BCUT2D eigenvalue weighted by Crippen LogP contribution is -2.15. The minimum atomic E-state index is -4.46. The van der Waals surface area contributed by atoms with Crippen molar-refractivity contribution in [1.82, 2.24) is 4.98 Å². The van der Waals surface area contributed by atoms with E-state index in [4.69, 9.17) is 0 Å². The molecule has 0 saturated heterocycles. The van der Waals surface area contributed by atoms with Gasteiger partial charge < -0.3 is 10.6 Å². The zero-order valence-electron chi connectivity index (χ0n) is 14.0. The zero-order chi connectivity index (χ0) is 18.4. The Hall–Kier alpha value is -2.57. The van der Waals surface area contributed by atoms with Gasteiger partial charge in [-0.3, -0.25) is 4.79 Å². The van der Waals surface area contributed by atoms with Crippen LogP contribution in [0.5, 0.6) is 0 Å². The molecule has 0 spiro atoms. The molecule has 0 radical (unpaired) electrons. The van der Waals surface area contributed by atoms with Gasteiger partial charge in [-0.05, 0) is 42.7 Å². The van der Waals surface area contributed by atoms with Gasteiger partial charge in [0.15, 0.2) is 0 Å². The molecule has 0 aliphatic carbocycles. The number of anilines is 2. The number of rotatable bonds is 6. The minimum Gasteiger partial charge on any atom is -0.384 e. The number of aromatic nitrogens is 1. The number of carbonyl (C=O) groups is 1. The molecule has 2 aromatic rings. The van der Waals surface area contributed by atoms with Gasteiger partial charge in [-0.2, -0.15) is 13.2 Å². The second-order valence-corrected chi connectivity index (χ2v) is 6.07. The summed E-state index contributed by atoms with van der Waals surface area (Å²) < 4.78 is 38.1. The predicted molar refractivity (Wildman–Crippen MR) is 91.6 cm³/mol. The Balaban J connectivity index is 1.99. The summed E-state index contributed by atoms with van der Waals surface area (Å²) in [6.07, 6.45) is -1.92. The van der Waals surface area contributed by atoms with Crippen LogP contribution in [0, 0.1) is 5.92 Å². The van der Waals surface area contributed by atoms with Gasteiger partial charge in [0.2, 0.25) is 0 Å². The van der Waals surface area contributed by atoms with Crippen molar-refractivity contribution in [2.75, 3.05) is 17.2 Å². The van der Waals surface area contributed by atoms with Crippen LogP contribution in [0.3, 0.4) is 0 Å². The van der Waals surface area contributed by atoms with Gasteiger partial charge in [0.25, 0.3) is 5.91 Å². The Labute approximate surface area is 144 Å². The van der Waals surface area contributed by atoms with Crippen LogP contribution in [0.25, 0.3) is 0 Å². The summed E-state index contributed by atoms with van der Waals surface area (Å²) >= 11 is 0. The molecule has 4 nitrogen and oxygen atoms in total. The maximum absolute atomic E-state index is 12.7. The highest BCUT2D eigenvalue weighted by Gasteiger charge is 2.30. The average molecular weight is 351 g/mol. The Bertz CT molecular complexity index is 712. The molecule has 0 aliphatic rings. The first kappa shape index (κ1) is 18.8. The number of carbonyl (C=O) groups excluding carboxylic acids is 1. The quantitative estimate of drug-likeness (QED) is 0.785. The van der Waals surface area contributed by atoms with Gasteiger partial charge in [0.05, 0.1) is 17.4 Å². The molecule has 0 saturated carbocycles. The molecule has 0 fully saturated rings. The lowest BCUT2D eigenvalue weighted by molar-refractivity contribution is -0.137. The lowest BCUT2D eigenvalue weighted by Gasteiger charge is -2.10. The van der Waals surface area contributed by atoms with Crippen LogP contribution in [-0.4, -0.2) is 17.4 Å². The van der Waals surface area contributed by atoms with Crippen LogP contribution < -0.4 is 10.6 Å². The SMILES string of the molecule is CC(C)CCNc1ccc(C(=O)Nc2cccc(C(F)(F)F)c2)nc1. The molecule has 7 heteroatoms. The van der Waals surface area contributed by atoms with Crippen molar-refractivity contribution >= 4 is 17.3 Å². The molecule has 0 aliphatic heterocycles. The standard InChI is InChI=1S/C18H20F3N3O/c1-12(2)8-9-22-15-6-7-16(23-11-15)17(25)24-14-5-3-4-13(10-14)18(19,20)21/h3-7,10-12,22H,8-9H2,1-2H3,(H,24,25). The second kappa shape index (κ2) is 8.00. The predicted octanol–water partition coefficient (Wildman–Crippen LogP) is 4.81. The number of hydrogen-bond donors (Lipinski definition) is 2. The van der Waals surface area contributed by atoms with Crippen LogP contribution in [-0.2, 0) is 6.18 Å². The topological polar surface area (TPSA) is 54.0 Å². The summed E-state index contributed by atoms with van der Waals surface area (Å²) in [5, 5.41) is 5.62. The van der Waals surface area contributed by atoms with Crippen LogP contribution in [0.2, 0.25) is 0 Å². The fourth-order valence-corrected chi connectivity index (χ4v) is 2.11. The van der Waals surface area contributed by atoms with Crippen LogP contribution in [0.4, 0.5) is 24.5 Å². The third-order valence-corrected chi connectivity index (χ3v) is 3.49. The molecule has 25 heavy (non-hydrogen) atoms. The fourth-order valence-electron chi connectivity index (χ4n) is 2.11. The van der Waals surface area contributed by atoms with Gasteiger partial charge in [0, 0.05) is 12.2 Å². The summed E-state index contributed by atoms with van der Waals surface area (Å²) in [4.78, 5) is 16.2. The largest absolute Gasteiger partial charge is 0.416 e. The average Bonchev–Trinajstić information content (AvgIpc) is 2.54. The van der Waals surface area contributed by atoms with E-state index in [0.717, 1.165) is 30.8 Å². The van der Waals surface area contributed by atoms with Crippen molar-refractivity contribution < 1.29 is 18.0 Å². The van der Waals surface area contributed by atoms with E-state index in [9.17, 15) is 18.0 Å². The maximum atomic E-state index is 12.7. The Morgan fingerprint density at radius 1 is 1.16 bits per heavy atom. The highest BCUT2D eigenvalue weighted by molar-refractivity contribution is 6.03. The fraction of sp³-hybridized carbons (Fsp3) is 0.333. The Kier molecular flexibility index (Phi) is 6.01. The van der Waals surface area contributed by atoms with Gasteiger partial charge in [-0.25, -0.2) is 4.98 Å².